The van der Waals surface area contributed by atoms with Gasteiger partial charge in [-0.3, -0.25) is 14.5 Å². The van der Waals surface area contributed by atoms with Gasteiger partial charge in [0.2, 0.25) is 0 Å². The first kappa shape index (κ1) is 16.5. The maximum absolute atomic E-state index is 12.4. The summed E-state index contributed by atoms with van der Waals surface area (Å²) in [5.41, 5.74) is 0.957. The number of nitrogens with one attached hydrogen (secondary N) is 1. The molecule has 1 aromatic heterocycles. The number of imide groups is 1. The van der Waals surface area contributed by atoms with E-state index >= 15 is 0 Å². The summed E-state index contributed by atoms with van der Waals surface area (Å²) in [6, 6.07) is 8.86. The van der Waals surface area contributed by atoms with Gasteiger partial charge in [-0.15, -0.1) is 0 Å². The molecule has 0 saturated carbocycles. The van der Waals surface area contributed by atoms with E-state index in [-0.39, 0.29) is 11.8 Å². The Labute approximate surface area is 152 Å². The molecule has 7 nitrogen and oxygen atoms in total. The number of carbonyl (C=O) groups is 2. The number of nitrogens with zero attached hydrogens (tertiary/aromatic N) is 4. The summed E-state index contributed by atoms with van der Waals surface area (Å²) in [7, 11) is 0. The summed E-state index contributed by atoms with van der Waals surface area (Å²) in [5, 5.41) is 3.20. The minimum Gasteiger partial charge on any atom is -0.368 e. The third-order valence-corrected chi connectivity index (χ3v) is 4.85. The smallest absolute Gasteiger partial charge is 0.261 e. The second kappa shape index (κ2) is 7.11. The molecule has 4 rings (SSSR count). The summed E-state index contributed by atoms with van der Waals surface area (Å²) in [5.74, 6) is 1.16. The van der Waals surface area contributed by atoms with E-state index < -0.39 is 0 Å². The first-order valence-electron chi connectivity index (χ1n) is 9.00. The fraction of sp³-hybridized carbons (Fsp3) is 0.368. The third kappa shape index (κ3) is 3.12. The molecule has 0 atom stereocenters. The van der Waals surface area contributed by atoms with E-state index in [0.29, 0.717) is 30.0 Å². The molecule has 0 radical (unpaired) electrons. The summed E-state index contributed by atoms with van der Waals surface area (Å²) in [4.78, 5) is 36.9. The number of hydrogen-bond acceptors (Lipinski definition) is 6. The topological polar surface area (TPSA) is 78.4 Å². The van der Waals surface area contributed by atoms with Gasteiger partial charge < -0.3 is 10.2 Å². The number of benzene rings is 1. The molecule has 2 aliphatic rings. The molecule has 0 aliphatic carbocycles. The molecule has 1 saturated heterocycles. The van der Waals surface area contributed by atoms with Gasteiger partial charge in [-0.2, -0.15) is 0 Å². The molecule has 0 spiro atoms. The maximum atomic E-state index is 12.4. The van der Waals surface area contributed by atoms with Crippen molar-refractivity contribution in [3.05, 3.63) is 47.8 Å². The SMILES string of the molecule is O=C1c2ccccc2C(=O)N1CCNc1cc(N2CCCCC2)ncn1. The maximum Gasteiger partial charge on any atom is 0.261 e. The lowest BCUT2D eigenvalue weighted by molar-refractivity contribution is 0.0660. The number of rotatable bonds is 5. The largest absolute Gasteiger partial charge is 0.368 e. The Bertz CT molecular complexity index is 797. The number of hydrogen-bond donors (Lipinski definition) is 1. The van der Waals surface area contributed by atoms with Gasteiger partial charge in [-0.1, -0.05) is 12.1 Å². The molecule has 2 aromatic rings. The van der Waals surface area contributed by atoms with Crippen LogP contribution >= 0.6 is 0 Å². The average Bonchev–Trinajstić information content (AvgIpc) is 2.94. The second-order valence-corrected chi connectivity index (χ2v) is 6.54. The Morgan fingerprint density at radius 1 is 0.962 bits per heavy atom. The molecule has 2 amide bonds. The molecule has 1 fully saturated rings. The molecule has 26 heavy (non-hydrogen) atoms. The van der Waals surface area contributed by atoms with E-state index in [1.54, 1.807) is 30.6 Å². The number of anilines is 2. The molecular weight excluding hydrogens is 330 g/mol. The van der Waals surface area contributed by atoms with Crippen LogP contribution in [0.1, 0.15) is 40.0 Å². The Balaban J connectivity index is 1.37. The van der Waals surface area contributed by atoms with E-state index in [2.05, 4.69) is 20.2 Å². The zero-order valence-electron chi connectivity index (χ0n) is 14.5. The molecule has 7 heteroatoms. The molecule has 134 valence electrons. The Hall–Kier alpha value is -2.96. The van der Waals surface area contributed by atoms with Crippen molar-refractivity contribution in [2.75, 3.05) is 36.4 Å². The number of aromatic nitrogens is 2. The van der Waals surface area contributed by atoms with Crippen molar-refractivity contribution < 1.29 is 9.59 Å². The van der Waals surface area contributed by atoms with Gasteiger partial charge in [0.1, 0.15) is 18.0 Å². The standard InChI is InChI=1S/C19H21N5O2/c25-18-14-6-2-3-7-15(14)19(26)24(18)11-8-20-16-12-17(22-13-21-16)23-9-4-1-5-10-23/h2-3,6-7,12-13H,1,4-5,8-11H2,(H,20,21,22). The van der Waals surface area contributed by atoms with Crippen molar-refractivity contribution in [2.24, 2.45) is 0 Å². The highest BCUT2D eigenvalue weighted by Gasteiger charge is 2.34. The Morgan fingerprint density at radius 2 is 1.65 bits per heavy atom. The number of carbonyl (C=O) groups excluding carboxylic acids is 2. The molecule has 1 aromatic carbocycles. The lowest BCUT2D eigenvalue weighted by Gasteiger charge is -2.27. The van der Waals surface area contributed by atoms with Crippen molar-refractivity contribution in [1.82, 2.24) is 14.9 Å². The fourth-order valence-corrected chi connectivity index (χ4v) is 3.48. The highest BCUT2D eigenvalue weighted by molar-refractivity contribution is 6.21. The second-order valence-electron chi connectivity index (χ2n) is 6.54. The van der Waals surface area contributed by atoms with E-state index in [0.717, 1.165) is 18.9 Å². The van der Waals surface area contributed by atoms with Gasteiger partial charge in [0.15, 0.2) is 0 Å². The van der Waals surface area contributed by atoms with E-state index in [4.69, 9.17) is 0 Å². The zero-order chi connectivity index (χ0) is 17.9. The van der Waals surface area contributed by atoms with Gasteiger partial charge in [-0.25, -0.2) is 9.97 Å². The predicted octanol–water partition coefficient (Wildman–Crippen LogP) is 2.17. The molecule has 0 bridgehead atoms. The van der Waals surface area contributed by atoms with Crippen molar-refractivity contribution >= 4 is 23.5 Å². The molecule has 1 N–H and O–H groups in total. The summed E-state index contributed by atoms with van der Waals surface area (Å²) >= 11 is 0. The van der Waals surface area contributed by atoms with Crippen LogP contribution in [-0.2, 0) is 0 Å². The molecule has 0 unspecified atom stereocenters. The van der Waals surface area contributed by atoms with Gasteiger partial charge in [0, 0.05) is 32.2 Å². The van der Waals surface area contributed by atoms with Crippen LogP contribution < -0.4 is 10.2 Å². The van der Waals surface area contributed by atoms with E-state index in [9.17, 15) is 9.59 Å². The van der Waals surface area contributed by atoms with Crippen LogP contribution in [-0.4, -0.2) is 52.9 Å². The monoisotopic (exact) mass is 351 g/mol. The zero-order valence-corrected chi connectivity index (χ0v) is 14.5. The van der Waals surface area contributed by atoms with Gasteiger partial charge >= 0.3 is 0 Å². The lowest BCUT2D eigenvalue weighted by Crippen LogP contribution is -2.34. The molecular formula is C19H21N5O2. The highest BCUT2D eigenvalue weighted by atomic mass is 16.2. The average molecular weight is 351 g/mol. The van der Waals surface area contributed by atoms with Crippen molar-refractivity contribution in [3.63, 3.8) is 0 Å². The highest BCUT2D eigenvalue weighted by Crippen LogP contribution is 2.22. The first-order valence-corrected chi connectivity index (χ1v) is 9.00. The van der Waals surface area contributed by atoms with Gasteiger partial charge in [-0.05, 0) is 31.4 Å². The normalized spacial score (nSPS) is 16.8. The third-order valence-electron chi connectivity index (χ3n) is 4.85. The van der Waals surface area contributed by atoms with Gasteiger partial charge in [0.05, 0.1) is 11.1 Å². The Morgan fingerprint density at radius 3 is 2.35 bits per heavy atom. The predicted molar refractivity (Wildman–Crippen MR) is 98.4 cm³/mol. The number of fused-ring (bicyclic) bond motifs is 1. The van der Waals surface area contributed by atoms with E-state index in [1.165, 1.54) is 24.2 Å². The van der Waals surface area contributed by atoms with Crippen LogP contribution in [0, 0.1) is 0 Å². The van der Waals surface area contributed by atoms with Crippen molar-refractivity contribution in [1.29, 1.82) is 0 Å². The van der Waals surface area contributed by atoms with Crippen LogP contribution in [0.25, 0.3) is 0 Å². The quantitative estimate of drug-likeness (QED) is 0.832. The van der Waals surface area contributed by atoms with Crippen molar-refractivity contribution in [3.8, 4) is 0 Å². The Kier molecular flexibility index (Phi) is 4.51. The minimum absolute atomic E-state index is 0.232. The van der Waals surface area contributed by atoms with Crippen LogP contribution in [0.2, 0.25) is 0 Å². The number of amides is 2. The van der Waals surface area contributed by atoms with Crippen molar-refractivity contribution in [2.45, 2.75) is 19.3 Å². The van der Waals surface area contributed by atoms with Crippen LogP contribution in [0.15, 0.2) is 36.7 Å². The summed E-state index contributed by atoms with van der Waals surface area (Å²) in [6.07, 6.45) is 5.19. The summed E-state index contributed by atoms with van der Waals surface area (Å²) < 4.78 is 0. The van der Waals surface area contributed by atoms with Gasteiger partial charge in [0.25, 0.3) is 11.8 Å². The molecule has 3 heterocycles. The fourth-order valence-electron chi connectivity index (χ4n) is 3.48. The lowest BCUT2D eigenvalue weighted by atomic mass is 10.1. The number of piperidine rings is 1. The first-order chi connectivity index (χ1) is 12.7. The molecule has 2 aliphatic heterocycles. The van der Waals surface area contributed by atoms with Crippen LogP contribution in [0.3, 0.4) is 0 Å². The van der Waals surface area contributed by atoms with Crippen LogP contribution in [0.4, 0.5) is 11.6 Å². The minimum atomic E-state index is -0.232. The summed E-state index contributed by atoms with van der Waals surface area (Å²) in [6.45, 7) is 2.79. The van der Waals surface area contributed by atoms with Crippen LogP contribution in [0.5, 0.6) is 0 Å². The van der Waals surface area contributed by atoms with E-state index in [1.807, 2.05) is 6.07 Å².